The summed E-state index contributed by atoms with van der Waals surface area (Å²) in [6.07, 6.45) is 3.01. The first-order chi connectivity index (χ1) is 8.98. The number of hydrogen-bond donors (Lipinski definition) is 1. The van der Waals surface area contributed by atoms with E-state index in [2.05, 4.69) is 18.6 Å². The molecule has 5 nitrogen and oxygen atoms in total. The van der Waals surface area contributed by atoms with Crippen LogP contribution in [0.3, 0.4) is 0 Å². The van der Waals surface area contributed by atoms with E-state index in [1.54, 1.807) is 4.90 Å². The van der Waals surface area contributed by atoms with E-state index >= 15 is 0 Å². The molecule has 0 radical (unpaired) electrons. The van der Waals surface area contributed by atoms with Crippen molar-refractivity contribution in [3.05, 3.63) is 0 Å². The predicted molar refractivity (Wildman–Crippen MR) is 75.6 cm³/mol. The van der Waals surface area contributed by atoms with Crippen LogP contribution in [0.25, 0.3) is 0 Å². The van der Waals surface area contributed by atoms with Gasteiger partial charge >= 0.3 is 5.97 Å². The summed E-state index contributed by atoms with van der Waals surface area (Å²) in [6.45, 7) is 6.74. The number of carbonyl (C=O) groups is 2. The Kier molecular flexibility index (Phi) is 9.21. The third-order valence-electron chi connectivity index (χ3n) is 3.49. The fourth-order valence-corrected chi connectivity index (χ4v) is 1.83. The van der Waals surface area contributed by atoms with Crippen molar-refractivity contribution < 1.29 is 14.3 Å². The molecular formula is C14H28N2O3. The quantitative estimate of drug-likeness (QED) is 0.646. The lowest BCUT2D eigenvalue weighted by Crippen LogP contribution is -2.41. The number of ether oxygens (including phenoxy) is 1. The Hall–Kier alpha value is -1.10. The van der Waals surface area contributed by atoms with Gasteiger partial charge in [0.05, 0.1) is 7.11 Å². The smallest absolute Gasteiger partial charge is 0.325 e. The molecule has 0 saturated heterocycles. The molecule has 0 aromatic heterocycles. The zero-order valence-corrected chi connectivity index (χ0v) is 12.6. The van der Waals surface area contributed by atoms with Gasteiger partial charge in [-0.2, -0.15) is 0 Å². The Morgan fingerprint density at radius 2 is 1.74 bits per heavy atom. The standard InChI is InChI=1S/C14H28N2O3/c1-5-11(6-2)9-16(10-14(18)19-4)13(17)8-12(15)7-3/h11-12H,5-10,15H2,1-4H3. The van der Waals surface area contributed by atoms with Crippen LogP contribution in [-0.4, -0.2) is 43.0 Å². The van der Waals surface area contributed by atoms with Crippen molar-refractivity contribution in [1.29, 1.82) is 0 Å². The van der Waals surface area contributed by atoms with Crippen molar-refractivity contribution in [3.8, 4) is 0 Å². The summed E-state index contributed by atoms with van der Waals surface area (Å²) in [5, 5.41) is 0. The molecule has 0 heterocycles. The summed E-state index contributed by atoms with van der Waals surface area (Å²) in [5.41, 5.74) is 5.81. The largest absolute Gasteiger partial charge is 0.468 e. The summed E-state index contributed by atoms with van der Waals surface area (Å²) in [4.78, 5) is 25.1. The van der Waals surface area contributed by atoms with E-state index < -0.39 is 0 Å². The summed E-state index contributed by atoms with van der Waals surface area (Å²) in [7, 11) is 1.33. The Morgan fingerprint density at radius 1 is 1.16 bits per heavy atom. The molecule has 1 unspecified atom stereocenters. The minimum Gasteiger partial charge on any atom is -0.468 e. The van der Waals surface area contributed by atoms with Gasteiger partial charge in [-0.05, 0) is 12.3 Å². The van der Waals surface area contributed by atoms with Crippen LogP contribution in [-0.2, 0) is 14.3 Å². The van der Waals surface area contributed by atoms with E-state index in [4.69, 9.17) is 5.73 Å². The molecule has 0 aromatic rings. The minimum atomic E-state index is -0.385. The molecule has 2 N–H and O–H groups in total. The van der Waals surface area contributed by atoms with Crippen molar-refractivity contribution in [1.82, 2.24) is 4.90 Å². The molecular weight excluding hydrogens is 244 g/mol. The second-order valence-electron chi connectivity index (χ2n) is 4.91. The average Bonchev–Trinajstić information content (AvgIpc) is 2.42. The molecule has 0 aromatic carbocycles. The van der Waals surface area contributed by atoms with Crippen molar-refractivity contribution in [2.45, 2.75) is 52.5 Å². The first-order valence-corrected chi connectivity index (χ1v) is 7.08. The molecule has 1 amide bonds. The molecule has 0 fully saturated rings. The SMILES string of the molecule is CCC(N)CC(=O)N(CC(=O)OC)CC(CC)CC. The molecule has 0 spiro atoms. The Bertz CT molecular complexity index is 278. The van der Waals surface area contributed by atoms with Gasteiger partial charge in [-0.1, -0.05) is 33.6 Å². The second-order valence-corrected chi connectivity index (χ2v) is 4.91. The highest BCUT2D eigenvalue weighted by atomic mass is 16.5. The van der Waals surface area contributed by atoms with Gasteiger partial charge in [-0.3, -0.25) is 9.59 Å². The summed E-state index contributed by atoms with van der Waals surface area (Å²) in [5.74, 6) is -0.0394. The number of nitrogens with two attached hydrogens (primary N) is 1. The van der Waals surface area contributed by atoms with E-state index in [-0.39, 0.29) is 30.9 Å². The molecule has 0 aliphatic rings. The summed E-state index contributed by atoms with van der Waals surface area (Å²) >= 11 is 0. The lowest BCUT2D eigenvalue weighted by atomic mass is 10.0. The van der Waals surface area contributed by atoms with Crippen LogP contribution in [0.5, 0.6) is 0 Å². The number of nitrogens with zero attached hydrogens (tertiary/aromatic N) is 1. The van der Waals surface area contributed by atoms with Gasteiger partial charge in [0.15, 0.2) is 0 Å². The molecule has 19 heavy (non-hydrogen) atoms. The van der Waals surface area contributed by atoms with E-state index in [1.165, 1.54) is 7.11 Å². The minimum absolute atomic E-state index is 0.0161. The van der Waals surface area contributed by atoms with Crippen LogP contribution >= 0.6 is 0 Å². The third-order valence-corrected chi connectivity index (χ3v) is 3.49. The second kappa shape index (κ2) is 9.78. The Morgan fingerprint density at radius 3 is 2.16 bits per heavy atom. The van der Waals surface area contributed by atoms with Gasteiger partial charge in [0.1, 0.15) is 6.54 Å². The summed E-state index contributed by atoms with van der Waals surface area (Å²) < 4.78 is 4.65. The predicted octanol–water partition coefficient (Wildman–Crippen LogP) is 1.55. The highest BCUT2D eigenvalue weighted by Gasteiger charge is 2.21. The fourth-order valence-electron chi connectivity index (χ4n) is 1.83. The first kappa shape index (κ1) is 17.9. The van der Waals surface area contributed by atoms with Crippen molar-refractivity contribution >= 4 is 11.9 Å². The maximum Gasteiger partial charge on any atom is 0.325 e. The van der Waals surface area contributed by atoms with Gasteiger partial charge in [0.2, 0.25) is 5.91 Å². The van der Waals surface area contributed by atoms with Gasteiger partial charge in [-0.15, -0.1) is 0 Å². The number of esters is 1. The maximum atomic E-state index is 12.2. The number of carbonyl (C=O) groups excluding carboxylic acids is 2. The Labute approximate surface area is 116 Å². The highest BCUT2D eigenvalue weighted by Crippen LogP contribution is 2.12. The van der Waals surface area contributed by atoms with E-state index in [0.29, 0.717) is 12.5 Å². The van der Waals surface area contributed by atoms with Crippen molar-refractivity contribution in [3.63, 3.8) is 0 Å². The molecule has 0 rings (SSSR count). The third kappa shape index (κ3) is 7.15. The average molecular weight is 272 g/mol. The molecule has 0 bridgehead atoms. The lowest BCUT2D eigenvalue weighted by Gasteiger charge is -2.26. The zero-order chi connectivity index (χ0) is 14.8. The normalized spacial score (nSPS) is 12.3. The topological polar surface area (TPSA) is 72.6 Å². The van der Waals surface area contributed by atoms with Gasteiger partial charge in [0, 0.05) is 19.0 Å². The van der Waals surface area contributed by atoms with Crippen LogP contribution < -0.4 is 5.73 Å². The van der Waals surface area contributed by atoms with E-state index in [0.717, 1.165) is 19.3 Å². The van der Waals surface area contributed by atoms with E-state index in [9.17, 15) is 9.59 Å². The first-order valence-electron chi connectivity index (χ1n) is 7.08. The molecule has 0 saturated carbocycles. The molecule has 0 aliphatic carbocycles. The van der Waals surface area contributed by atoms with Crippen LogP contribution in [0.4, 0.5) is 0 Å². The lowest BCUT2D eigenvalue weighted by molar-refractivity contribution is -0.147. The Balaban J connectivity index is 4.64. The highest BCUT2D eigenvalue weighted by molar-refractivity contribution is 5.82. The maximum absolute atomic E-state index is 12.2. The van der Waals surface area contributed by atoms with Crippen LogP contribution in [0.2, 0.25) is 0 Å². The van der Waals surface area contributed by atoms with Crippen LogP contribution in [0, 0.1) is 5.92 Å². The fraction of sp³-hybridized carbons (Fsp3) is 0.857. The summed E-state index contributed by atoms with van der Waals surface area (Å²) in [6, 6.07) is -0.144. The van der Waals surface area contributed by atoms with Crippen LogP contribution in [0.1, 0.15) is 46.5 Å². The van der Waals surface area contributed by atoms with Crippen molar-refractivity contribution in [2.75, 3.05) is 20.2 Å². The molecule has 1 atom stereocenters. The van der Waals surface area contributed by atoms with Crippen LogP contribution in [0.15, 0.2) is 0 Å². The van der Waals surface area contributed by atoms with Crippen molar-refractivity contribution in [2.24, 2.45) is 11.7 Å². The number of rotatable bonds is 9. The van der Waals surface area contributed by atoms with E-state index in [1.807, 2.05) is 6.92 Å². The van der Waals surface area contributed by atoms with Gasteiger partial charge in [-0.25, -0.2) is 0 Å². The van der Waals surface area contributed by atoms with Gasteiger partial charge < -0.3 is 15.4 Å². The zero-order valence-electron chi connectivity index (χ0n) is 12.6. The molecule has 5 heteroatoms. The monoisotopic (exact) mass is 272 g/mol. The number of methoxy groups -OCH3 is 1. The molecule has 0 aliphatic heterocycles. The molecule has 112 valence electrons. The van der Waals surface area contributed by atoms with Gasteiger partial charge in [0.25, 0.3) is 0 Å². The number of hydrogen-bond acceptors (Lipinski definition) is 4. The number of amides is 1.